The van der Waals surface area contributed by atoms with Crippen molar-refractivity contribution in [2.45, 2.75) is 25.7 Å². The van der Waals surface area contributed by atoms with Crippen molar-refractivity contribution < 1.29 is 4.79 Å². The lowest BCUT2D eigenvalue weighted by Crippen LogP contribution is -2.21. The predicted octanol–water partition coefficient (Wildman–Crippen LogP) is 1.93. The molecule has 2 fully saturated rings. The first-order valence-electron chi connectivity index (χ1n) is 3.94. The molecule has 2 unspecified atom stereocenters. The number of rotatable bonds is 1. The third kappa shape index (κ3) is 0.556. The van der Waals surface area contributed by atoms with Crippen LogP contribution in [0.3, 0.4) is 0 Å². The number of Topliss-reactive ketones (excluding diaryl/α,β-unsaturated/α-hetero) is 1. The Balaban J connectivity index is 2.35. The molecule has 0 saturated heterocycles. The zero-order valence-corrected chi connectivity index (χ0v) is 6.10. The van der Waals surface area contributed by atoms with Crippen molar-refractivity contribution in [3.63, 3.8) is 0 Å². The molecule has 2 bridgehead atoms. The number of hydrogen-bond acceptors (Lipinski definition) is 1. The maximum Gasteiger partial charge on any atom is 0.143 e. The van der Waals surface area contributed by atoms with E-state index >= 15 is 0 Å². The monoisotopic (exact) mass is 136 g/mol. The number of ketones is 1. The van der Waals surface area contributed by atoms with E-state index in [2.05, 4.69) is 6.58 Å². The lowest BCUT2D eigenvalue weighted by molar-refractivity contribution is -0.124. The van der Waals surface area contributed by atoms with Gasteiger partial charge in [0.15, 0.2) is 0 Å². The Labute approximate surface area is 61.1 Å². The van der Waals surface area contributed by atoms with E-state index in [-0.39, 0.29) is 5.41 Å². The molecule has 2 aliphatic carbocycles. The fourth-order valence-electron chi connectivity index (χ4n) is 2.37. The van der Waals surface area contributed by atoms with E-state index in [4.69, 9.17) is 0 Å². The van der Waals surface area contributed by atoms with Crippen LogP contribution in [0.2, 0.25) is 0 Å². The van der Waals surface area contributed by atoms with Crippen LogP contribution < -0.4 is 0 Å². The molecule has 0 radical (unpaired) electrons. The lowest BCUT2D eigenvalue weighted by Gasteiger charge is -2.19. The highest BCUT2D eigenvalue weighted by Crippen LogP contribution is 2.52. The van der Waals surface area contributed by atoms with E-state index in [1.54, 1.807) is 0 Å². The van der Waals surface area contributed by atoms with Crippen molar-refractivity contribution in [3.05, 3.63) is 12.7 Å². The molecule has 0 amide bonds. The first-order valence-corrected chi connectivity index (χ1v) is 3.94. The highest BCUT2D eigenvalue weighted by molar-refractivity contribution is 5.89. The minimum atomic E-state index is -0.0648. The third-order valence-electron chi connectivity index (χ3n) is 3.07. The van der Waals surface area contributed by atoms with Crippen LogP contribution in [0.4, 0.5) is 0 Å². The summed E-state index contributed by atoms with van der Waals surface area (Å²) in [5.41, 5.74) is -0.0648. The first-order chi connectivity index (χ1) is 4.77. The van der Waals surface area contributed by atoms with Gasteiger partial charge >= 0.3 is 0 Å². The molecule has 10 heavy (non-hydrogen) atoms. The minimum absolute atomic E-state index is 0.0648. The van der Waals surface area contributed by atoms with Gasteiger partial charge in [-0.25, -0.2) is 0 Å². The van der Waals surface area contributed by atoms with E-state index in [0.717, 1.165) is 19.3 Å². The standard InChI is InChI=1S/C9H12O/c1-2-9-4-3-7(6-9)5-8(9)10/h2,7H,1,3-6H2. The highest BCUT2D eigenvalue weighted by Gasteiger charge is 2.49. The van der Waals surface area contributed by atoms with E-state index in [0.29, 0.717) is 11.7 Å². The topological polar surface area (TPSA) is 17.1 Å². The van der Waals surface area contributed by atoms with E-state index in [1.165, 1.54) is 6.42 Å². The molecule has 0 spiro atoms. The quantitative estimate of drug-likeness (QED) is 0.503. The largest absolute Gasteiger partial charge is 0.299 e. The zero-order chi connectivity index (χ0) is 7.19. The molecule has 0 aliphatic heterocycles. The minimum Gasteiger partial charge on any atom is -0.299 e. The van der Waals surface area contributed by atoms with Crippen molar-refractivity contribution in [3.8, 4) is 0 Å². The summed E-state index contributed by atoms with van der Waals surface area (Å²) in [5, 5.41) is 0. The second kappa shape index (κ2) is 1.71. The van der Waals surface area contributed by atoms with Gasteiger partial charge in [-0.1, -0.05) is 6.08 Å². The van der Waals surface area contributed by atoms with Gasteiger partial charge in [0.2, 0.25) is 0 Å². The molecule has 1 heteroatoms. The molecular formula is C9H12O. The summed E-state index contributed by atoms with van der Waals surface area (Å²) < 4.78 is 0. The maximum atomic E-state index is 11.3. The molecular weight excluding hydrogens is 124 g/mol. The second-order valence-electron chi connectivity index (χ2n) is 3.60. The Bertz CT molecular complexity index is 195. The van der Waals surface area contributed by atoms with Crippen LogP contribution in [0.5, 0.6) is 0 Å². The van der Waals surface area contributed by atoms with Crippen molar-refractivity contribution in [2.24, 2.45) is 11.3 Å². The van der Waals surface area contributed by atoms with Gasteiger partial charge in [0.05, 0.1) is 0 Å². The molecule has 2 saturated carbocycles. The molecule has 0 N–H and O–H groups in total. The average molecular weight is 136 g/mol. The fourth-order valence-corrected chi connectivity index (χ4v) is 2.37. The average Bonchev–Trinajstić information content (AvgIpc) is 2.44. The molecule has 0 aromatic heterocycles. The Morgan fingerprint density at radius 2 is 2.50 bits per heavy atom. The second-order valence-corrected chi connectivity index (χ2v) is 3.60. The Morgan fingerprint density at radius 3 is 2.80 bits per heavy atom. The van der Waals surface area contributed by atoms with Gasteiger partial charge in [0, 0.05) is 11.8 Å². The summed E-state index contributed by atoms with van der Waals surface area (Å²) in [7, 11) is 0. The lowest BCUT2D eigenvalue weighted by atomic mass is 9.83. The van der Waals surface area contributed by atoms with Crippen LogP contribution in [0.1, 0.15) is 25.7 Å². The zero-order valence-electron chi connectivity index (χ0n) is 6.10. The summed E-state index contributed by atoms with van der Waals surface area (Å²) in [4.78, 5) is 11.3. The van der Waals surface area contributed by atoms with Gasteiger partial charge in [0.1, 0.15) is 5.78 Å². The predicted molar refractivity (Wildman–Crippen MR) is 39.6 cm³/mol. The van der Waals surface area contributed by atoms with E-state index in [9.17, 15) is 4.79 Å². The van der Waals surface area contributed by atoms with Crippen LogP contribution in [0, 0.1) is 11.3 Å². The van der Waals surface area contributed by atoms with Crippen LogP contribution in [0.25, 0.3) is 0 Å². The number of hydrogen-bond donors (Lipinski definition) is 0. The van der Waals surface area contributed by atoms with Crippen LogP contribution in [0.15, 0.2) is 12.7 Å². The molecule has 1 nitrogen and oxygen atoms in total. The smallest absolute Gasteiger partial charge is 0.143 e. The molecule has 0 aromatic rings. The number of carbonyl (C=O) groups is 1. The summed E-state index contributed by atoms with van der Waals surface area (Å²) >= 11 is 0. The van der Waals surface area contributed by atoms with Crippen molar-refractivity contribution >= 4 is 5.78 Å². The summed E-state index contributed by atoms with van der Waals surface area (Å²) in [6, 6.07) is 0. The van der Waals surface area contributed by atoms with Crippen LogP contribution in [-0.4, -0.2) is 5.78 Å². The molecule has 2 rings (SSSR count). The summed E-state index contributed by atoms with van der Waals surface area (Å²) in [6.07, 6.45) is 6.11. The van der Waals surface area contributed by atoms with Gasteiger partial charge in [-0.3, -0.25) is 4.79 Å². The van der Waals surface area contributed by atoms with Crippen molar-refractivity contribution in [2.75, 3.05) is 0 Å². The van der Waals surface area contributed by atoms with Gasteiger partial charge in [0.25, 0.3) is 0 Å². The van der Waals surface area contributed by atoms with E-state index in [1.807, 2.05) is 6.08 Å². The Hall–Kier alpha value is -0.590. The number of allylic oxidation sites excluding steroid dienone is 1. The van der Waals surface area contributed by atoms with Gasteiger partial charge in [-0.15, -0.1) is 6.58 Å². The SMILES string of the molecule is C=CC12CCC(CC1=O)C2. The van der Waals surface area contributed by atoms with Gasteiger partial charge in [-0.2, -0.15) is 0 Å². The van der Waals surface area contributed by atoms with Crippen molar-refractivity contribution in [1.29, 1.82) is 0 Å². The van der Waals surface area contributed by atoms with Gasteiger partial charge in [-0.05, 0) is 25.2 Å². The normalized spacial score (nSPS) is 44.4. The molecule has 2 aliphatic rings. The van der Waals surface area contributed by atoms with Crippen LogP contribution in [-0.2, 0) is 4.79 Å². The maximum absolute atomic E-state index is 11.3. The fraction of sp³-hybridized carbons (Fsp3) is 0.667. The Morgan fingerprint density at radius 1 is 1.70 bits per heavy atom. The summed E-state index contributed by atoms with van der Waals surface area (Å²) in [6.45, 7) is 3.74. The van der Waals surface area contributed by atoms with Crippen LogP contribution >= 0.6 is 0 Å². The number of carbonyl (C=O) groups excluding carboxylic acids is 1. The molecule has 0 aromatic carbocycles. The highest BCUT2D eigenvalue weighted by atomic mass is 16.1. The van der Waals surface area contributed by atoms with Gasteiger partial charge < -0.3 is 0 Å². The molecule has 0 heterocycles. The van der Waals surface area contributed by atoms with Crippen molar-refractivity contribution in [1.82, 2.24) is 0 Å². The summed E-state index contributed by atoms with van der Waals surface area (Å²) in [5.74, 6) is 1.14. The first kappa shape index (κ1) is 6.14. The Kier molecular flexibility index (Phi) is 1.05. The van der Waals surface area contributed by atoms with E-state index < -0.39 is 0 Å². The molecule has 54 valence electrons. The molecule has 2 atom stereocenters. The number of fused-ring (bicyclic) bond motifs is 2. The third-order valence-corrected chi connectivity index (χ3v) is 3.07.